The number of carbonyl (C=O) groups is 3. The van der Waals surface area contributed by atoms with Gasteiger partial charge in [-0.15, -0.1) is 0 Å². The molecule has 8 heteroatoms. The molecule has 0 radical (unpaired) electrons. The number of methoxy groups -OCH3 is 1. The molecule has 3 N–H and O–H groups in total. The van der Waals surface area contributed by atoms with Crippen LogP contribution in [-0.2, 0) is 19.1 Å². The summed E-state index contributed by atoms with van der Waals surface area (Å²) in [5.41, 5.74) is 0. The number of hydrogen-bond donors (Lipinski definition) is 3. The van der Waals surface area contributed by atoms with Gasteiger partial charge in [-0.2, -0.15) is 0 Å². The van der Waals surface area contributed by atoms with E-state index in [1.54, 1.807) is 11.9 Å². The molecule has 0 saturated heterocycles. The first-order chi connectivity index (χ1) is 13.8. The van der Waals surface area contributed by atoms with E-state index in [9.17, 15) is 19.5 Å². The minimum Gasteiger partial charge on any atom is -0.481 e. The lowest BCUT2D eigenvalue weighted by atomic mass is 9.90. The van der Waals surface area contributed by atoms with Crippen molar-refractivity contribution in [3.05, 3.63) is 0 Å². The third-order valence-corrected chi connectivity index (χ3v) is 5.88. The van der Waals surface area contributed by atoms with Crippen molar-refractivity contribution in [1.29, 1.82) is 0 Å². The van der Waals surface area contributed by atoms with Crippen LogP contribution in [0.1, 0.15) is 54.4 Å². The van der Waals surface area contributed by atoms with E-state index in [1.165, 1.54) is 7.11 Å². The molecule has 176 valence electrons. The van der Waals surface area contributed by atoms with Crippen LogP contribution in [0.2, 0.25) is 0 Å². The second-order valence-corrected chi connectivity index (χ2v) is 9.23. The number of rotatable bonds is 13. The zero-order chi connectivity index (χ0) is 23.8. The Bertz CT molecular complexity index is 557. The number of nitrogens with one attached hydrogen (secondary N) is 2. The number of likely N-dealkylation sites (N-methyl/N-ethyl adjacent to an activating group) is 2. The van der Waals surface area contributed by atoms with Gasteiger partial charge >= 0.3 is 5.97 Å². The molecule has 0 aliphatic carbocycles. The second-order valence-electron chi connectivity index (χ2n) is 9.23. The Morgan fingerprint density at radius 2 is 1.60 bits per heavy atom. The van der Waals surface area contributed by atoms with E-state index in [4.69, 9.17) is 4.74 Å². The van der Waals surface area contributed by atoms with Crippen LogP contribution in [0.3, 0.4) is 0 Å². The molecule has 5 atom stereocenters. The van der Waals surface area contributed by atoms with Gasteiger partial charge in [-0.1, -0.05) is 48.0 Å². The van der Waals surface area contributed by atoms with Gasteiger partial charge in [0.15, 0.2) is 6.04 Å². The summed E-state index contributed by atoms with van der Waals surface area (Å²) >= 11 is 0. The molecule has 0 aromatic rings. The summed E-state index contributed by atoms with van der Waals surface area (Å²) in [6.07, 6.45) is -0.0641. The van der Waals surface area contributed by atoms with Crippen molar-refractivity contribution in [3.8, 4) is 0 Å². The van der Waals surface area contributed by atoms with Crippen LogP contribution in [0.15, 0.2) is 0 Å². The van der Waals surface area contributed by atoms with Crippen LogP contribution < -0.4 is 10.2 Å². The molecule has 0 aromatic heterocycles. The summed E-state index contributed by atoms with van der Waals surface area (Å²) < 4.78 is 5.47. The first-order valence-electron chi connectivity index (χ1n) is 10.9. The SMILES string of the molecule is CCC(C)C(C(CC(=O)O)OC)N(C)C(=O)C(NC(=O)C(C(C)C)[NH+](C)C)C(C)C. The normalized spacial score (nSPS) is 16.8. The number of hydrogen-bond acceptors (Lipinski definition) is 4. The van der Waals surface area contributed by atoms with Gasteiger partial charge in [0, 0.05) is 20.1 Å². The van der Waals surface area contributed by atoms with Crippen molar-refractivity contribution >= 4 is 17.8 Å². The van der Waals surface area contributed by atoms with Crippen molar-refractivity contribution in [3.63, 3.8) is 0 Å². The molecular weight excluding hydrogens is 386 g/mol. The monoisotopic (exact) mass is 430 g/mol. The van der Waals surface area contributed by atoms with Gasteiger partial charge in [0.05, 0.1) is 32.7 Å². The van der Waals surface area contributed by atoms with Gasteiger partial charge in [0.1, 0.15) is 6.04 Å². The van der Waals surface area contributed by atoms with E-state index in [-0.39, 0.29) is 42.0 Å². The Morgan fingerprint density at radius 3 is 1.93 bits per heavy atom. The highest BCUT2D eigenvalue weighted by molar-refractivity contribution is 5.89. The summed E-state index contributed by atoms with van der Waals surface area (Å²) in [5.74, 6) is -1.32. The summed E-state index contributed by atoms with van der Waals surface area (Å²) in [6, 6.07) is -1.38. The van der Waals surface area contributed by atoms with Crippen molar-refractivity contribution in [2.24, 2.45) is 17.8 Å². The van der Waals surface area contributed by atoms with E-state index in [0.29, 0.717) is 0 Å². The van der Waals surface area contributed by atoms with E-state index >= 15 is 0 Å². The fourth-order valence-electron chi connectivity index (χ4n) is 4.11. The van der Waals surface area contributed by atoms with E-state index in [0.717, 1.165) is 11.3 Å². The van der Waals surface area contributed by atoms with Gasteiger partial charge in [0.25, 0.3) is 5.91 Å². The molecule has 0 saturated carbocycles. The molecule has 30 heavy (non-hydrogen) atoms. The summed E-state index contributed by atoms with van der Waals surface area (Å²) in [6.45, 7) is 11.8. The van der Waals surface area contributed by atoms with E-state index in [2.05, 4.69) is 5.32 Å². The highest BCUT2D eigenvalue weighted by Gasteiger charge is 2.39. The topological polar surface area (TPSA) is 100 Å². The first-order valence-corrected chi connectivity index (χ1v) is 10.9. The third kappa shape index (κ3) is 7.87. The molecule has 0 spiro atoms. The van der Waals surface area contributed by atoms with Gasteiger partial charge in [0.2, 0.25) is 5.91 Å². The lowest BCUT2D eigenvalue weighted by Gasteiger charge is -2.39. The molecule has 0 aliphatic rings. The smallest absolute Gasteiger partial charge is 0.306 e. The van der Waals surface area contributed by atoms with Crippen LogP contribution in [-0.4, -0.2) is 80.3 Å². The van der Waals surface area contributed by atoms with Crippen LogP contribution >= 0.6 is 0 Å². The Balaban J connectivity index is 5.80. The standard InChI is InChI=1S/C22H43N3O5/c1-11-15(6)20(16(30-10)12-17(26)27)25(9)22(29)18(13(2)3)23-21(28)19(14(4)5)24(7)8/h13-16,18-20H,11-12H2,1-10H3,(H,23,28)(H,26,27)/p+1. The number of nitrogens with zero attached hydrogens (tertiary/aromatic N) is 1. The minimum atomic E-state index is -0.974. The summed E-state index contributed by atoms with van der Waals surface area (Å²) in [4.78, 5) is 40.3. The zero-order valence-electron chi connectivity index (χ0n) is 20.5. The minimum absolute atomic E-state index is 0.0291. The summed E-state index contributed by atoms with van der Waals surface area (Å²) in [5, 5.41) is 12.2. The molecule has 0 rings (SSSR count). The Morgan fingerprint density at radius 1 is 1.07 bits per heavy atom. The summed E-state index contributed by atoms with van der Waals surface area (Å²) in [7, 11) is 7.00. The predicted octanol–water partition coefficient (Wildman–Crippen LogP) is 0.659. The lowest BCUT2D eigenvalue weighted by molar-refractivity contribution is -0.879. The van der Waals surface area contributed by atoms with Crippen LogP contribution in [0.25, 0.3) is 0 Å². The maximum absolute atomic E-state index is 13.5. The maximum Gasteiger partial charge on any atom is 0.306 e. The Kier molecular flexibility index (Phi) is 12.2. The van der Waals surface area contributed by atoms with Gasteiger partial charge in [-0.25, -0.2) is 0 Å². The number of carboxylic acid groups (broad SMARTS) is 1. The number of aliphatic carboxylic acids is 1. The number of ether oxygens (including phenoxy) is 1. The van der Waals surface area contributed by atoms with Crippen molar-refractivity contribution in [1.82, 2.24) is 10.2 Å². The molecule has 0 heterocycles. The highest BCUT2D eigenvalue weighted by Crippen LogP contribution is 2.23. The third-order valence-electron chi connectivity index (χ3n) is 5.88. The highest BCUT2D eigenvalue weighted by atomic mass is 16.5. The van der Waals surface area contributed by atoms with E-state index < -0.39 is 24.2 Å². The fraction of sp³-hybridized carbons (Fsp3) is 0.864. The first kappa shape index (κ1) is 28.3. The van der Waals surface area contributed by atoms with Crippen molar-refractivity contribution in [2.45, 2.75) is 78.6 Å². The van der Waals surface area contributed by atoms with Crippen LogP contribution in [0, 0.1) is 17.8 Å². The molecule has 5 unspecified atom stereocenters. The maximum atomic E-state index is 13.5. The molecular formula is C22H44N3O5+. The van der Waals surface area contributed by atoms with Crippen LogP contribution in [0.4, 0.5) is 0 Å². The van der Waals surface area contributed by atoms with Gasteiger partial charge in [-0.05, 0) is 11.8 Å². The number of carboxylic acids is 1. The Labute approximate surface area is 182 Å². The zero-order valence-corrected chi connectivity index (χ0v) is 20.5. The predicted molar refractivity (Wildman–Crippen MR) is 117 cm³/mol. The molecule has 0 aliphatic heterocycles. The number of carbonyl (C=O) groups excluding carboxylic acids is 2. The van der Waals surface area contributed by atoms with Crippen molar-refractivity contribution in [2.75, 3.05) is 28.3 Å². The van der Waals surface area contributed by atoms with E-state index in [1.807, 2.05) is 55.6 Å². The quantitative estimate of drug-likeness (QED) is 0.399. The largest absolute Gasteiger partial charge is 0.481 e. The second kappa shape index (κ2) is 12.9. The van der Waals surface area contributed by atoms with Crippen molar-refractivity contribution < 1.29 is 29.1 Å². The molecule has 0 bridgehead atoms. The molecule has 0 fully saturated rings. The average molecular weight is 431 g/mol. The van der Waals surface area contributed by atoms with Crippen LogP contribution in [0.5, 0.6) is 0 Å². The molecule has 2 amide bonds. The number of amides is 2. The molecule has 0 aromatic carbocycles. The lowest BCUT2D eigenvalue weighted by Crippen LogP contribution is -3.12. The average Bonchev–Trinajstić information content (AvgIpc) is 2.63. The molecule has 8 nitrogen and oxygen atoms in total. The van der Waals surface area contributed by atoms with Gasteiger partial charge in [-0.3, -0.25) is 14.4 Å². The Hall–Kier alpha value is -1.67. The fourth-order valence-corrected chi connectivity index (χ4v) is 4.11. The van der Waals surface area contributed by atoms with Gasteiger partial charge < -0.3 is 25.0 Å². The number of quaternary nitrogens is 1.